The highest BCUT2D eigenvalue weighted by atomic mass is 31.1. The summed E-state index contributed by atoms with van der Waals surface area (Å²) in [6, 6.07) is 18.9. The summed E-state index contributed by atoms with van der Waals surface area (Å²) in [6.07, 6.45) is 10.0. The molecule has 4 rings (SSSR count). The molecule has 0 saturated heterocycles. The molecule has 2 aromatic carbocycles. The Morgan fingerprint density at radius 1 is 0.611 bits per heavy atom. The first kappa shape index (κ1) is 28.3. The van der Waals surface area contributed by atoms with Crippen LogP contribution in [0.5, 0.6) is 0 Å². The standard InChI is InChI=1S/C34H52P2/c1-25-17-10-14-22-29(25)35(30-23-15-11-18-26(30)2)34(9,27-19-12-13-20-27)28-21-16-24-31(28)36(32(3,4)5)33(6,7)8/h10-11,14-15,17-18,22-23,27-28,31H,12-13,16,19-21,24H2,1-9H3/t28?,31?,34-/m1/s1. The van der Waals surface area contributed by atoms with Crippen LogP contribution in [0.3, 0.4) is 0 Å². The topological polar surface area (TPSA) is 0 Å². The molecular formula is C34H52P2. The Balaban J connectivity index is 1.96. The molecule has 0 N–H and O–H groups in total. The molecule has 2 saturated carbocycles. The van der Waals surface area contributed by atoms with Crippen LogP contribution in [-0.4, -0.2) is 21.1 Å². The van der Waals surface area contributed by atoms with Crippen LogP contribution in [0.15, 0.2) is 48.5 Å². The summed E-state index contributed by atoms with van der Waals surface area (Å²) in [4.78, 5) is 0. The van der Waals surface area contributed by atoms with Crippen LogP contribution in [0.2, 0.25) is 0 Å². The summed E-state index contributed by atoms with van der Waals surface area (Å²) in [5, 5.41) is 4.40. The second-order valence-electron chi connectivity index (χ2n) is 13.9. The van der Waals surface area contributed by atoms with Gasteiger partial charge >= 0.3 is 0 Å². The third kappa shape index (κ3) is 5.39. The Bertz CT molecular complexity index is 960. The molecule has 0 heterocycles. The molecule has 36 heavy (non-hydrogen) atoms. The molecule has 2 unspecified atom stereocenters. The van der Waals surface area contributed by atoms with Crippen LogP contribution in [-0.2, 0) is 0 Å². The minimum Gasteiger partial charge on any atom is -0.0921 e. The normalized spacial score (nSPS) is 23.5. The fourth-order valence-corrected chi connectivity index (χ4v) is 17.6. The third-order valence-electron chi connectivity index (χ3n) is 9.38. The lowest BCUT2D eigenvalue weighted by Gasteiger charge is -2.55. The monoisotopic (exact) mass is 522 g/mol. The molecular weight excluding hydrogens is 470 g/mol. The molecule has 198 valence electrons. The Labute approximate surface area is 226 Å². The molecule has 2 heteroatoms. The SMILES string of the molecule is Cc1ccccc1P(c1ccccc1C)[C@](C)(C1CCCC1)C1CCCC1P(C(C)(C)C)C(C)(C)C. The van der Waals surface area contributed by atoms with Gasteiger partial charge < -0.3 is 0 Å². The van der Waals surface area contributed by atoms with Crippen LogP contribution in [0.1, 0.15) is 105 Å². The number of hydrogen-bond acceptors (Lipinski definition) is 0. The predicted octanol–water partition coefficient (Wildman–Crippen LogP) is 9.93. The largest absolute Gasteiger partial charge is 0.0921 e. The summed E-state index contributed by atoms with van der Waals surface area (Å²) >= 11 is 0. The molecule has 2 fully saturated rings. The molecule has 0 bridgehead atoms. The highest BCUT2D eigenvalue weighted by Gasteiger charge is 2.56. The van der Waals surface area contributed by atoms with E-state index in [9.17, 15) is 0 Å². The van der Waals surface area contributed by atoms with Crippen molar-refractivity contribution >= 4 is 26.5 Å². The van der Waals surface area contributed by atoms with E-state index in [2.05, 4.69) is 111 Å². The molecule has 2 aromatic rings. The molecule has 0 aromatic heterocycles. The van der Waals surface area contributed by atoms with Gasteiger partial charge in [-0.2, -0.15) is 0 Å². The average Bonchev–Trinajstić information content (AvgIpc) is 3.47. The van der Waals surface area contributed by atoms with Gasteiger partial charge in [-0.25, -0.2) is 0 Å². The van der Waals surface area contributed by atoms with Gasteiger partial charge in [0.25, 0.3) is 0 Å². The van der Waals surface area contributed by atoms with Gasteiger partial charge in [0.2, 0.25) is 0 Å². The first-order valence-corrected chi connectivity index (χ1v) is 17.3. The van der Waals surface area contributed by atoms with Crippen LogP contribution in [0.25, 0.3) is 0 Å². The first-order valence-electron chi connectivity index (χ1n) is 14.6. The van der Waals surface area contributed by atoms with Gasteiger partial charge in [-0.1, -0.05) is 124 Å². The summed E-state index contributed by atoms with van der Waals surface area (Å²) < 4.78 is 0. The van der Waals surface area contributed by atoms with Crippen LogP contribution in [0, 0.1) is 25.7 Å². The van der Waals surface area contributed by atoms with Crippen molar-refractivity contribution in [3.63, 3.8) is 0 Å². The second kappa shape index (κ2) is 10.8. The highest BCUT2D eigenvalue weighted by Crippen LogP contribution is 2.72. The van der Waals surface area contributed by atoms with E-state index in [4.69, 9.17) is 0 Å². The average molecular weight is 523 g/mol. The predicted molar refractivity (Wildman–Crippen MR) is 166 cm³/mol. The molecule has 0 radical (unpaired) electrons. The number of aryl methyl sites for hydroxylation is 2. The van der Waals surface area contributed by atoms with E-state index in [0.29, 0.717) is 15.5 Å². The number of rotatable bonds is 6. The van der Waals surface area contributed by atoms with Crippen LogP contribution in [0.4, 0.5) is 0 Å². The Hall–Kier alpha value is -0.700. The lowest BCUT2D eigenvalue weighted by Crippen LogP contribution is -2.49. The Morgan fingerprint density at radius 2 is 1.08 bits per heavy atom. The van der Waals surface area contributed by atoms with E-state index < -0.39 is 7.92 Å². The van der Waals surface area contributed by atoms with Gasteiger partial charge in [0.15, 0.2) is 0 Å². The number of benzene rings is 2. The zero-order valence-corrected chi connectivity index (χ0v) is 26.5. The van der Waals surface area contributed by atoms with E-state index in [0.717, 1.165) is 17.5 Å². The van der Waals surface area contributed by atoms with Crippen molar-refractivity contribution in [1.82, 2.24) is 0 Å². The first-order chi connectivity index (χ1) is 16.9. The van der Waals surface area contributed by atoms with Crippen molar-refractivity contribution < 1.29 is 0 Å². The Morgan fingerprint density at radius 3 is 1.53 bits per heavy atom. The van der Waals surface area contributed by atoms with Crippen LogP contribution >= 0.6 is 15.8 Å². The third-order valence-corrected chi connectivity index (χ3v) is 17.2. The van der Waals surface area contributed by atoms with E-state index >= 15 is 0 Å². The van der Waals surface area contributed by atoms with Gasteiger partial charge in [0, 0.05) is 5.16 Å². The van der Waals surface area contributed by atoms with E-state index in [1.54, 1.807) is 10.6 Å². The quantitative estimate of drug-likeness (QED) is 0.331. The lowest BCUT2D eigenvalue weighted by atomic mass is 9.79. The van der Waals surface area contributed by atoms with Crippen molar-refractivity contribution in [3.05, 3.63) is 59.7 Å². The van der Waals surface area contributed by atoms with Crippen molar-refractivity contribution in [1.29, 1.82) is 0 Å². The minimum atomic E-state index is -0.473. The van der Waals surface area contributed by atoms with Crippen molar-refractivity contribution in [3.8, 4) is 0 Å². The Kier molecular flexibility index (Phi) is 8.51. The highest BCUT2D eigenvalue weighted by molar-refractivity contribution is 7.74. The molecule has 0 nitrogen and oxygen atoms in total. The van der Waals surface area contributed by atoms with E-state index in [1.165, 1.54) is 56.1 Å². The maximum absolute atomic E-state index is 2.80. The van der Waals surface area contributed by atoms with E-state index in [1.807, 2.05) is 0 Å². The molecule has 2 aliphatic carbocycles. The smallest absolute Gasteiger partial charge is 0.00200 e. The van der Waals surface area contributed by atoms with Crippen molar-refractivity contribution in [2.75, 3.05) is 0 Å². The molecule has 0 amide bonds. The summed E-state index contributed by atoms with van der Waals surface area (Å²) in [7, 11) is -0.602. The summed E-state index contributed by atoms with van der Waals surface area (Å²) in [5.74, 6) is 1.65. The fraction of sp³-hybridized carbons (Fsp3) is 0.647. The lowest BCUT2D eigenvalue weighted by molar-refractivity contribution is 0.290. The molecule has 3 atom stereocenters. The maximum Gasteiger partial charge on any atom is 0.00200 e. The zero-order chi connectivity index (χ0) is 26.3. The molecule has 0 aliphatic heterocycles. The molecule has 0 spiro atoms. The van der Waals surface area contributed by atoms with Gasteiger partial charge in [0.05, 0.1) is 0 Å². The van der Waals surface area contributed by atoms with Gasteiger partial charge in [0.1, 0.15) is 0 Å². The maximum atomic E-state index is 2.80. The van der Waals surface area contributed by atoms with Crippen LogP contribution < -0.4 is 10.6 Å². The number of hydrogen-bond donors (Lipinski definition) is 0. The van der Waals surface area contributed by atoms with Gasteiger partial charge in [-0.05, 0) is 97.0 Å². The van der Waals surface area contributed by atoms with E-state index in [-0.39, 0.29) is 7.92 Å². The fourth-order valence-electron chi connectivity index (χ4n) is 8.37. The van der Waals surface area contributed by atoms with Crippen molar-refractivity contribution in [2.24, 2.45) is 11.8 Å². The minimum absolute atomic E-state index is 0.129. The van der Waals surface area contributed by atoms with Crippen molar-refractivity contribution in [2.45, 2.75) is 128 Å². The molecule has 2 aliphatic rings. The van der Waals surface area contributed by atoms with Gasteiger partial charge in [-0.3, -0.25) is 0 Å². The second-order valence-corrected chi connectivity index (χ2v) is 20.6. The van der Waals surface area contributed by atoms with Gasteiger partial charge in [-0.15, -0.1) is 0 Å². The summed E-state index contributed by atoms with van der Waals surface area (Å²) in [5.41, 5.74) is 3.86. The summed E-state index contributed by atoms with van der Waals surface area (Å²) in [6.45, 7) is 22.9. The zero-order valence-electron chi connectivity index (χ0n) is 24.7.